The molecule has 0 aliphatic carbocycles. The minimum atomic E-state index is 0.812. The van der Waals surface area contributed by atoms with Crippen molar-refractivity contribution in [2.24, 2.45) is 4.99 Å². The Hall–Kier alpha value is -5.19. The lowest BCUT2D eigenvalue weighted by Crippen LogP contribution is -1.90. The molecule has 0 aliphatic heterocycles. The van der Waals surface area contributed by atoms with Crippen LogP contribution in [0.1, 0.15) is 12.5 Å². The van der Waals surface area contributed by atoms with E-state index in [-0.39, 0.29) is 0 Å². The summed E-state index contributed by atoms with van der Waals surface area (Å²) in [6.07, 6.45) is 5.98. The molecule has 0 radical (unpaired) electrons. The number of nitrogens with zero attached hydrogens (tertiary/aromatic N) is 3. The van der Waals surface area contributed by atoms with E-state index in [0.717, 1.165) is 50.1 Å². The summed E-state index contributed by atoms with van der Waals surface area (Å²) in [6.45, 7) is 5.94. The van der Waals surface area contributed by atoms with Gasteiger partial charge in [0.1, 0.15) is 0 Å². The van der Waals surface area contributed by atoms with Gasteiger partial charge in [-0.3, -0.25) is 9.98 Å². The van der Waals surface area contributed by atoms with Crippen molar-refractivity contribution in [2.45, 2.75) is 6.92 Å². The Labute approximate surface area is 247 Å². The van der Waals surface area contributed by atoms with Crippen molar-refractivity contribution >= 4 is 82.6 Å². The lowest BCUT2D eigenvalue weighted by Gasteiger charge is -2.13. The van der Waals surface area contributed by atoms with E-state index in [0.29, 0.717) is 0 Å². The third kappa shape index (κ3) is 3.69. The van der Waals surface area contributed by atoms with E-state index >= 15 is 0 Å². The van der Waals surface area contributed by atoms with Gasteiger partial charge in [0.25, 0.3) is 0 Å². The number of fused-ring (bicyclic) bond motifs is 8. The molecule has 0 spiro atoms. The summed E-state index contributed by atoms with van der Waals surface area (Å²) in [5, 5.41) is 7.18. The van der Waals surface area contributed by atoms with Crippen LogP contribution in [0, 0.1) is 0 Å². The van der Waals surface area contributed by atoms with Crippen molar-refractivity contribution in [3.05, 3.63) is 121 Å². The Morgan fingerprint density at radius 2 is 1.57 bits per heavy atom. The van der Waals surface area contributed by atoms with Gasteiger partial charge in [0.05, 0.1) is 22.4 Å². The van der Waals surface area contributed by atoms with Gasteiger partial charge < -0.3 is 0 Å². The third-order valence-corrected chi connectivity index (χ3v) is 9.19. The maximum atomic E-state index is 5.16. The largest absolute Gasteiger partial charge is 0.262 e. The highest BCUT2D eigenvalue weighted by Gasteiger charge is 2.18. The highest BCUT2D eigenvalue weighted by atomic mass is 32.1. The van der Waals surface area contributed by atoms with Crippen LogP contribution in [-0.2, 0) is 0 Å². The quantitative estimate of drug-likeness (QED) is 0.160. The minimum absolute atomic E-state index is 0.812. The van der Waals surface area contributed by atoms with E-state index in [1.165, 1.54) is 36.3 Å². The zero-order chi connectivity index (χ0) is 28.2. The predicted octanol–water partition coefficient (Wildman–Crippen LogP) is 11.0. The lowest BCUT2D eigenvalue weighted by molar-refractivity contribution is 1.39. The second kappa shape index (κ2) is 9.72. The minimum Gasteiger partial charge on any atom is -0.262 e. The second-order valence-electron chi connectivity index (χ2n) is 10.4. The lowest BCUT2D eigenvalue weighted by atomic mass is 9.92. The molecule has 0 amide bonds. The Balaban J connectivity index is 1.50. The molecule has 0 N–H and O–H groups in total. The first kappa shape index (κ1) is 24.6. The Morgan fingerprint density at radius 3 is 2.43 bits per heavy atom. The summed E-state index contributed by atoms with van der Waals surface area (Å²) in [7, 11) is 0. The molecule has 3 nitrogen and oxygen atoms in total. The third-order valence-electron chi connectivity index (χ3n) is 8.05. The molecule has 0 bridgehead atoms. The molecule has 5 aromatic carbocycles. The Morgan fingerprint density at radius 1 is 0.738 bits per heavy atom. The molecule has 42 heavy (non-hydrogen) atoms. The number of rotatable bonds is 4. The van der Waals surface area contributed by atoms with Gasteiger partial charge in [0, 0.05) is 59.0 Å². The number of aromatic nitrogens is 2. The van der Waals surface area contributed by atoms with Gasteiger partial charge in [0.15, 0.2) is 0 Å². The summed E-state index contributed by atoms with van der Waals surface area (Å²) < 4.78 is 2.54. The predicted molar refractivity (Wildman–Crippen MR) is 182 cm³/mol. The molecule has 0 fully saturated rings. The summed E-state index contributed by atoms with van der Waals surface area (Å²) in [6, 6.07) is 36.7. The van der Waals surface area contributed by atoms with Crippen molar-refractivity contribution in [1.82, 2.24) is 9.97 Å². The average molecular weight is 556 g/mol. The van der Waals surface area contributed by atoms with E-state index in [9.17, 15) is 0 Å². The van der Waals surface area contributed by atoms with Gasteiger partial charge in [-0.05, 0) is 61.2 Å². The fourth-order valence-corrected chi connectivity index (χ4v) is 7.34. The average Bonchev–Trinajstić information content (AvgIpc) is 3.42. The number of thiophene rings is 1. The van der Waals surface area contributed by atoms with Crippen molar-refractivity contribution in [3.8, 4) is 22.4 Å². The molecular weight excluding hydrogens is 531 g/mol. The number of pyridine rings is 2. The van der Waals surface area contributed by atoms with Gasteiger partial charge in [-0.25, -0.2) is 4.98 Å². The molecule has 4 heteroatoms. The fraction of sp³-hybridized carbons (Fsp3) is 0.0263. The van der Waals surface area contributed by atoms with Crippen LogP contribution in [0.15, 0.2) is 120 Å². The zero-order valence-electron chi connectivity index (χ0n) is 23.0. The molecule has 8 aromatic rings. The maximum Gasteiger partial charge on any atom is 0.0964 e. The molecule has 0 unspecified atom stereocenters. The number of aliphatic imine (C=N–C) groups is 1. The Bertz CT molecular complexity index is 2380. The number of para-hydroxylation sites is 1. The number of allylic oxidation sites excluding steroid dienone is 1. The molecule has 8 rings (SSSR count). The first-order valence-corrected chi connectivity index (χ1v) is 14.8. The molecule has 3 aromatic heterocycles. The maximum absolute atomic E-state index is 5.16. The molecule has 198 valence electrons. The van der Waals surface area contributed by atoms with Crippen LogP contribution in [0.2, 0.25) is 0 Å². The van der Waals surface area contributed by atoms with Crippen LogP contribution in [0.25, 0.3) is 81.2 Å². The van der Waals surface area contributed by atoms with Crippen molar-refractivity contribution in [1.29, 1.82) is 0 Å². The van der Waals surface area contributed by atoms with Crippen LogP contribution in [0.4, 0.5) is 5.69 Å². The first-order valence-electron chi connectivity index (χ1n) is 14.0. The van der Waals surface area contributed by atoms with E-state index < -0.39 is 0 Å². The van der Waals surface area contributed by atoms with Crippen LogP contribution < -0.4 is 0 Å². The highest BCUT2D eigenvalue weighted by molar-refractivity contribution is 7.26. The summed E-state index contributed by atoms with van der Waals surface area (Å²) in [5.74, 6) is 0. The molecule has 0 saturated heterocycles. The summed E-state index contributed by atoms with van der Waals surface area (Å²) in [5.41, 5.74) is 8.11. The molecule has 0 atom stereocenters. The van der Waals surface area contributed by atoms with Gasteiger partial charge >= 0.3 is 0 Å². The van der Waals surface area contributed by atoms with Crippen LogP contribution in [0.5, 0.6) is 0 Å². The van der Waals surface area contributed by atoms with Gasteiger partial charge in [-0.1, -0.05) is 78.9 Å². The summed E-state index contributed by atoms with van der Waals surface area (Å²) >= 11 is 1.84. The van der Waals surface area contributed by atoms with Crippen molar-refractivity contribution in [3.63, 3.8) is 0 Å². The summed E-state index contributed by atoms with van der Waals surface area (Å²) in [4.78, 5) is 14.3. The van der Waals surface area contributed by atoms with Gasteiger partial charge in [0.2, 0.25) is 0 Å². The van der Waals surface area contributed by atoms with Gasteiger partial charge in [-0.2, -0.15) is 0 Å². The number of hydrogen-bond donors (Lipinski definition) is 0. The van der Waals surface area contributed by atoms with Crippen molar-refractivity contribution in [2.75, 3.05) is 0 Å². The van der Waals surface area contributed by atoms with Crippen LogP contribution in [0.3, 0.4) is 0 Å². The van der Waals surface area contributed by atoms with E-state index in [1.807, 2.05) is 30.5 Å². The van der Waals surface area contributed by atoms with E-state index in [4.69, 9.17) is 4.98 Å². The van der Waals surface area contributed by atoms with Crippen molar-refractivity contribution < 1.29 is 0 Å². The number of hydrogen-bond acceptors (Lipinski definition) is 4. The van der Waals surface area contributed by atoms with Crippen LogP contribution in [-0.4, -0.2) is 16.7 Å². The molecule has 0 aliphatic rings. The first-order chi connectivity index (χ1) is 20.7. The Kier molecular flexibility index (Phi) is 5.69. The zero-order valence-corrected chi connectivity index (χ0v) is 23.8. The molecule has 0 saturated carbocycles. The standard InChI is InChI=1S/C38H25N3S/c1-3-10-26-29(22-25-13-9-20-40-37(25)38(26)39-2)24-16-18-32-30(21-24)35-33(42-32)19-17-28-34(35)27-14-7-8-15-31(27)41-36(28)23-11-5-4-6-12-23/h3-22H,2H2,1H3/b10-3-. The normalized spacial score (nSPS) is 11.9. The second-order valence-corrected chi connectivity index (χ2v) is 11.5. The fourth-order valence-electron chi connectivity index (χ4n) is 6.25. The molecular formula is C38H25N3S. The monoisotopic (exact) mass is 555 g/mol. The SMILES string of the molecule is C=Nc1c(/C=C\C)c(-c2ccc3sc4ccc5c(-c6ccccc6)nc6ccccc6c5c4c3c2)cc2cccnc12. The highest BCUT2D eigenvalue weighted by Crippen LogP contribution is 2.45. The number of benzene rings is 5. The van der Waals surface area contributed by atoms with Crippen LogP contribution >= 0.6 is 11.3 Å². The smallest absolute Gasteiger partial charge is 0.0964 e. The topological polar surface area (TPSA) is 38.1 Å². The van der Waals surface area contributed by atoms with Gasteiger partial charge in [-0.15, -0.1) is 11.3 Å². The van der Waals surface area contributed by atoms with E-state index in [1.54, 1.807) is 0 Å². The van der Waals surface area contributed by atoms with E-state index in [2.05, 4.69) is 126 Å². The molecule has 3 heterocycles.